The molecule has 0 bridgehead atoms. The Labute approximate surface area is 154 Å². The monoisotopic (exact) mass is 343 g/mol. The highest BCUT2D eigenvalue weighted by Crippen LogP contribution is 2.26. The molecule has 0 unspecified atom stereocenters. The van der Waals surface area contributed by atoms with Gasteiger partial charge in [0.1, 0.15) is 5.82 Å². The minimum Gasteiger partial charge on any atom is -0.326 e. The number of nitrogens with zero attached hydrogens (tertiary/aromatic N) is 4. The van der Waals surface area contributed by atoms with Crippen LogP contribution in [0.5, 0.6) is 0 Å². The van der Waals surface area contributed by atoms with Crippen LogP contribution >= 0.6 is 0 Å². The third-order valence-electron chi connectivity index (χ3n) is 4.02. The van der Waals surface area contributed by atoms with E-state index in [2.05, 4.69) is 64.4 Å². The van der Waals surface area contributed by atoms with Gasteiger partial charge in [-0.2, -0.15) is 10.2 Å². The van der Waals surface area contributed by atoms with E-state index >= 15 is 0 Å². The third kappa shape index (κ3) is 3.98. The van der Waals surface area contributed by atoms with Crippen molar-refractivity contribution in [2.24, 2.45) is 0 Å². The molecule has 0 fully saturated rings. The minimum absolute atomic E-state index is 0.538. The van der Waals surface area contributed by atoms with Crippen molar-refractivity contribution in [3.05, 3.63) is 71.4 Å². The first-order valence-corrected chi connectivity index (χ1v) is 8.56. The van der Waals surface area contributed by atoms with Crippen LogP contribution in [-0.2, 0) is 0 Å². The fourth-order valence-corrected chi connectivity index (χ4v) is 2.78. The quantitative estimate of drug-likeness (QED) is 0.716. The average molecular weight is 343 g/mol. The van der Waals surface area contributed by atoms with E-state index in [0.717, 1.165) is 29.4 Å². The molecule has 5 heteroatoms. The molecule has 0 radical (unpaired) electrons. The summed E-state index contributed by atoms with van der Waals surface area (Å²) in [6.45, 7) is 6.95. The largest absolute Gasteiger partial charge is 0.326 e. The van der Waals surface area contributed by atoms with Gasteiger partial charge in [-0.15, -0.1) is 0 Å². The van der Waals surface area contributed by atoms with E-state index in [1.165, 1.54) is 5.56 Å². The van der Waals surface area contributed by atoms with E-state index in [1.807, 2.05) is 25.1 Å². The Morgan fingerprint density at radius 2 is 1.81 bits per heavy atom. The topological polar surface area (TPSA) is 64.8 Å². The van der Waals surface area contributed by atoms with Gasteiger partial charge in [0.25, 0.3) is 0 Å². The lowest BCUT2D eigenvalue weighted by Gasteiger charge is -2.23. The number of anilines is 4. The number of aryl methyl sites for hydroxylation is 2. The standard InChI is InChI=1S/C21H21N5/c1-4-26(19-7-5-6-15(2)12-19)20-13-16(3)23-21(25-20)24-18-10-8-17(14-22)9-11-18/h5-13H,4H2,1-3H3,(H,23,24,25). The molecule has 0 amide bonds. The predicted molar refractivity (Wildman–Crippen MR) is 105 cm³/mol. The molecular formula is C21H21N5. The van der Waals surface area contributed by atoms with Gasteiger partial charge >= 0.3 is 0 Å². The Balaban J connectivity index is 1.92. The SMILES string of the molecule is CCN(c1cccc(C)c1)c1cc(C)nc(Nc2ccc(C#N)cc2)n1. The molecule has 0 saturated carbocycles. The van der Waals surface area contributed by atoms with Gasteiger partial charge in [-0.3, -0.25) is 0 Å². The second-order valence-electron chi connectivity index (χ2n) is 6.09. The minimum atomic E-state index is 0.538. The van der Waals surface area contributed by atoms with E-state index in [0.29, 0.717) is 11.5 Å². The maximum absolute atomic E-state index is 8.91. The van der Waals surface area contributed by atoms with Gasteiger partial charge in [0.2, 0.25) is 5.95 Å². The third-order valence-corrected chi connectivity index (χ3v) is 4.02. The Morgan fingerprint density at radius 3 is 2.46 bits per heavy atom. The van der Waals surface area contributed by atoms with Crippen molar-refractivity contribution in [1.82, 2.24) is 9.97 Å². The molecule has 0 aliphatic heterocycles. The molecule has 0 aliphatic rings. The van der Waals surface area contributed by atoms with Crippen LogP contribution in [0.1, 0.15) is 23.7 Å². The molecule has 26 heavy (non-hydrogen) atoms. The van der Waals surface area contributed by atoms with Crippen molar-refractivity contribution in [2.45, 2.75) is 20.8 Å². The molecule has 3 rings (SSSR count). The zero-order valence-electron chi connectivity index (χ0n) is 15.2. The lowest BCUT2D eigenvalue weighted by Crippen LogP contribution is -2.18. The molecule has 0 spiro atoms. The molecule has 1 N–H and O–H groups in total. The summed E-state index contributed by atoms with van der Waals surface area (Å²) in [7, 11) is 0. The van der Waals surface area contributed by atoms with Gasteiger partial charge in [-0.05, 0) is 62.7 Å². The van der Waals surface area contributed by atoms with E-state index in [4.69, 9.17) is 5.26 Å². The lowest BCUT2D eigenvalue weighted by molar-refractivity contribution is 0.968. The number of rotatable bonds is 5. The summed E-state index contributed by atoms with van der Waals surface area (Å²) in [5.74, 6) is 1.39. The number of nitriles is 1. The first-order chi connectivity index (χ1) is 12.6. The number of hydrogen-bond acceptors (Lipinski definition) is 5. The van der Waals surface area contributed by atoms with Crippen molar-refractivity contribution in [1.29, 1.82) is 5.26 Å². The van der Waals surface area contributed by atoms with E-state index < -0.39 is 0 Å². The normalized spacial score (nSPS) is 10.2. The summed E-state index contributed by atoms with van der Waals surface area (Å²) in [4.78, 5) is 11.3. The van der Waals surface area contributed by atoms with Crippen LogP contribution in [0.15, 0.2) is 54.6 Å². The van der Waals surface area contributed by atoms with Crippen molar-refractivity contribution >= 4 is 23.1 Å². The Hall–Kier alpha value is -3.39. The predicted octanol–water partition coefficient (Wildman–Crippen LogP) is 4.87. The van der Waals surface area contributed by atoms with Crippen molar-refractivity contribution in [2.75, 3.05) is 16.8 Å². The van der Waals surface area contributed by atoms with Gasteiger partial charge < -0.3 is 10.2 Å². The van der Waals surface area contributed by atoms with Gasteiger partial charge in [-0.25, -0.2) is 4.98 Å². The summed E-state index contributed by atoms with van der Waals surface area (Å²) >= 11 is 0. The molecular weight excluding hydrogens is 322 g/mol. The Morgan fingerprint density at radius 1 is 1.04 bits per heavy atom. The highest BCUT2D eigenvalue weighted by Gasteiger charge is 2.12. The fourth-order valence-electron chi connectivity index (χ4n) is 2.78. The summed E-state index contributed by atoms with van der Waals surface area (Å²) < 4.78 is 0. The first kappa shape index (κ1) is 17.4. The molecule has 5 nitrogen and oxygen atoms in total. The van der Waals surface area contributed by atoms with Crippen LogP contribution in [0.4, 0.5) is 23.1 Å². The molecule has 1 aromatic heterocycles. The highest BCUT2D eigenvalue weighted by molar-refractivity contribution is 5.63. The van der Waals surface area contributed by atoms with Crippen molar-refractivity contribution in [3.63, 3.8) is 0 Å². The van der Waals surface area contributed by atoms with Crippen molar-refractivity contribution in [3.8, 4) is 6.07 Å². The number of nitrogens with one attached hydrogen (secondary N) is 1. The second kappa shape index (κ2) is 7.66. The van der Waals surface area contributed by atoms with Crippen LogP contribution in [0.25, 0.3) is 0 Å². The van der Waals surface area contributed by atoms with E-state index in [9.17, 15) is 0 Å². The smallest absolute Gasteiger partial charge is 0.229 e. The number of benzene rings is 2. The zero-order chi connectivity index (χ0) is 18.5. The van der Waals surface area contributed by atoms with Crippen LogP contribution in [0.2, 0.25) is 0 Å². The Kier molecular flexibility index (Phi) is 5.14. The number of hydrogen-bond donors (Lipinski definition) is 1. The van der Waals surface area contributed by atoms with Gasteiger partial charge in [0.15, 0.2) is 0 Å². The van der Waals surface area contributed by atoms with Crippen LogP contribution in [0.3, 0.4) is 0 Å². The molecule has 3 aromatic rings. The second-order valence-corrected chi connectivity index (χ2v) is 6.09. The van der Waals surface area contributed by atoms with E-state index in [1.54, 1.807) is 12.1 Å². The molecule has 0 aliphatic carbocycles. The molecule has 0 saturated heterocycles. The van der Waals surface area contributed by atoms with Crippen LogP contribution in [-0.4, -0.2) is 16.5 Å². The average Bonchev–Trinajstić information content (AvgIpc) is 2.63. The first-order valence-electron chi connectivity index (χ1n) is 8.56. The van der Waals surface area contributed by atoms with Crippen molar-refractivity contribution < 1.29 is 0 Å². The summed E-state index contributed by atoms with van der Waals surface area (Å²) in [5.41, 5.74) is 4.67. The maximum atomic E-state index is 8.91. The van der Waals surface area contributed by atoms with Gasteiger partial charge in [0, 0.05) is 29.7 Å². The summed E-state index contributed by atoms with van der Waals surface area (Å²) in [6, 6.07) is 19.7. The molecule has 0 atom stereocenters. The highest BCUT2D eigenvalue weighted by atomic mass is 15.2. The van der Waals surface area contributed by atoms with Gasteiger partial charge in [0.05, 0.1) is 11.6 Å². The fraction of sp³-hybridized carbons (Fsp3) is 0.190. The Bertz CT molecular complexity index is 941. The summed E-state index contributed by atoms with van der Waals surface area (Å²) in [5, 5.41) is 12.1. The summed E-state index contributed by atoms with van der Waals surface area (Å²) in [6.07, 6.45) is 0. The molecule has 1 heterocycles. The van der Waals surface area contributed by atoms with Crippen LogP contribution in [0, 0.1) is 25.2 Å². The van der Waals surface area contributed by atoms with Gasteiger partial charge in [-0.1, -0.05) is 12.1 Å². The lowest BCUT2D eigenvalue weighted by atomic mass is 10.2. The molecule has 130 valence electrons. The number of aromatic nitrogens is 2. The van der Waals surface area contributed by atoms with Crippen LogP contribution < -0.4 is 10.2 Å². The van der Waals surface area contributed by atoms with E-state index in [-0.39, 0.29) is 0 Å². The zero-order valence-corrected chi connectivity index (χ0v) is 15.2. The molecule has 2 aromatic carbocycles. The maximum Gasteiger partial charge on any atom is 0.229 e.